The van der Waals surface area contributed by atoms with E-state index < -0.39 is 5.41 Å². The highest BCUT2D eigenvalue weighted by Crippen LogP contribution is 2.57. The van der Waals surface area contributed by atoms with E-state index in [0.717, 1.165) is 50.1 Å². The van der Waals surface area contributed by atoms with Crippen LogP contribution in [0.3, 0.4) is 0 Å². The number of furan rings is 1. The molecule has 9 aromatic carbocycles. The number of rotatable bonds is 7. The molecule has 0 bridgehead atoms. The Bertz CT molecular complexity index is 3030. The molecule has 0 spiro atoms. The van der Waals surface area contributed by atoms with E-state index in [1.807, 2.05) is 6.07 Å². The Morgan fingerprint density at radius 1 is 0.351 bits per heavy atom. The number of benzene rings is 9. The van der Waals surface area contributed by atoms with Crippen LogP contribution in [0.5, 0.6) is 0 Å². The van der Waals surface area contributed by atoms with Gasteiger partial charge >= 0.3 is 0 Å². The summed E-state index contributed by atoms with van der Waals surface area (Å²) < 4.78 is 6.81. The monoisotopic (exact) mass is 727 g/mol. The molecule has 1 aliphatic rings. The van der Waals surface area contributed by atoms with Gasteiger partial charge in [-0.3, -0.25) is 0 Å². The third-order valence-corrected chi connectivity index (χ3v) is 11.8. The van der Waals surface area contributed by atoms with Crippen LogP contribution < -0.4 is 4.90 Å². The number of para-hydroxylation sites is 3. The molecule has 2 heteroatoms. The Hall–Kier alpha value is -7.42. The molecule has 1 aliphatic carbocycles. The second-order valence-corrected chi connectivity index (χ2v) is 14.8. The molecule has 0 amide bonds. The van der Waals surface area contributed by atoms with Crippen molar-refractivity contribution in [2.75, 3.05) is 4.90 Å². The second kappa shape index (κ2) is 13.4. The average Bonchev–Trinajstić information content (AvgIpc) is 3.82. The van der Waals surface area contributed by atoms with Gasteiger partial charge < -0.3 is 9.32 Å². The van der Waals surface area contributed by atoms with Crippen molar-refractivity contribution in [1.82, 2.24) is 0 Å². The fourth-order valence-corrected chi connectivity index (χ4v) is 9.30. The first kappa shape index (κ1) is 33.0. The molecule has 57 heavy (non-hydrogen) atoms. The zero-order valence-corrected chi connectivity index (χ0v) is 31.2. The number of nitrogens with zero attached hydrogens (tertiary/aromatic N) is 1. The minimum absolute atomic E-state index is 0.537. The molecule has 0 fully saturated rings. The SMILES string of the molecule is c1ccc(-c2cccc(-c3ccccc3N(c3ccc4c(c3)C(c3ccccc3)(c3ccccc3)c3ccccc3-4)c3cccc4c3oc3ccccc34)c2)cc1. The van der Waals surface area contributed by atoms with Crippen LogP contribution in [0.4, 0.5) is 17.1 Å². The third kappa shape index (κ3) is 5.18. The molecule has 268 valence electrons. The Labute approximate surface area is 332 Å². The van der Waals surface area contributed by atoms with Crippen molar-refractivity contribution >= 4 is 39.0 Å². The topological polar surface area (TPSA) is 16.4 Å². The molecule has 0 saturated heterocycles. The summed E-state index contributed by atoms with van der Waals surface area (Å²) in [5, 5.41) is 2.20. The zero-order chi connectivity index (χ0) is 37.8. The van der Waals surface area contributed by atoms with Gasteiger partial charge in [-0.05, 0) is 86.5 Å². The van der Waals surface area contributed by atoms with Gasteiger partial charge in [0.25, 0.3) is 0 Å². The van der Waals surface area contributed by atoms with Crippen molar-refractivity contribution < 1.29 is 4.42 Å². The number of fused-ring (bicyclic) bond motifs is 6. The minimum atomic E-state index is -0.537. The third-order valence-electron chi connectivity index (χ3n) is 11.8. The first-order valence-electron chi connectivity index (χ1n) is 19.6. The van der Waals surface area contributed by atoms with Gasteiger partial charge in [0.2, 0.25) is 0 Å². The normalized spacial score (nSPS) is 12.7. The standard InChI is InChI=1S/C55H37NO/c1-4-18-38(19-5-1)39-20-16-21-40(36-39)44-26-11-14-31-51(44)56(52-32-17-29-48-47-28-12-15-33-53(47)57-54(48)52)43-34-35-46-45-27-10-13-30-49(45)55(50(46)37-43,41-22-6-2-7-23-41)42-24-8-3-9-25-42/h1-37H. The highest BCUT2D eigenvalue weighted by Gasteiger charge is 2.46. The van der Waals surface area contributed by atoms with E-state index in [9.17, 15) is 0 Å². The van der Waals surface area contributed by atoms with E-state index in [1.165, 1.54) is 44.5 Å². The predicted molar refractivity (Wildman–Crippen MR) is 237 cm³/mol. The highest BCUT2D eigenvalue weighted by atomic mass is 16.3. The van der Waals surface area contributed by atoms with Crippen molar-refractivity contribution in [3.8, 4) is 33.4 Å². The summed E-state index contributed by atoms with van der Waals surface area (Å²) in [5.41, 5.74) is 16.5. The molecule has 0 N–H and O–H groups in total. The molecular weight excluding hydrogens is 691 g/mol. The van der Waals surface area contributed by atoms with Crippen molar-refractivity contribution in [3.05, 3.63) is 247 Å². The Morgan fingerprint density at radius 3 is 1.70 bits per heavy atom. The molecule has 0 radical (unpaired) electrons. The molecule has 0 saturated carbocycles. The number of hydrogen-bond acceptors (Lipinski definition) is 2. The van der Waals surface area contributed by atoms with Crippen LogP contribution in [0.2, 0.25) is 0 Å². The van der Waals surface area contributed by atoms with E-state index in [0.29, 0.717) is 0 Å². The van der Waals surface area contributed by atoms with Gasteiger partial charge in [0.1, 0.15) is 5.58 Å². The molecule has 1 aromatic heterocycles. The lowest BCUT2D eigenvalue weighted by Gasteiger charge is -2.35. The molecular formula is C55H37NO. The van der Waals surface area contributed by atoms with Gasteiger partial charge in [0, 0.05) is 22.0 Å². The number of hydrogen-bond donors (Lipinski definition) is 0. The molecule has 10 aromatic rings. The average molecular weight is 728 g/mol. The molecule has 0 atom stereocenters. The van der Waals surface area contributed by atoms with Crippen molar-refractivity contribution in [2.24, 2.45) is 0 Å². The Kier molecular flexibility index (Phi) is 7.75. The van der Waals surface area contributed by atoms with Crippen LogP contribution in [0.15, 0.2) is 229 Å². The zero-order valence-electron chi connectivity index (χ0n) is 31.2. The fourth-order valence-electron chi connectivity index (χ4n) is 9.30. The van der Waals surface area contributed by atoms with Gasteiger partial charge in [-0.2, -0.15) is 0 Å². The Balaban J connectivity index is 1.21. The molecule has 0 unspecified atom stereocenters. The Morgan fingerprint density at radius 2 is 0.912 bits per heavy atom. The minimum Gasteiger partial charge on any atom is -0.454 e. The maximum atomic E-state index is 6.81. The van der Waals surface area contributed by atoms with Gasteiger partial charge in [0.05, 0.1) is 16.8 Å². The van der Waals surface area contributed by atoms with E-state index >= 15 is 0 Å². The summed E-state index contributed by atoms with van der Waals surface area (Å²) in [5.74, 6) is 0. The highest BCUT2D eigenvalue weighted by molar-refractivity contribution is 6.11. The lowest BCUT2D eigenvalue weighted by atomic mass is 9.67. The van der Waals surface area contributed by atoms with Crippen molar-refractivity contribution in [2.45, 2.75) is 5.41 Å². The van der Waals surface area contributed by atoms with Gasteiger partial charge in [-0.15, -0.1) is 0 Å². The van der Waals surface area contributed by atoms with E-state index in [4.69, 9.17) is 4.42 Å². The first-order valence-corrected chi connectivity index (χ1v) is 19.6. The van der Waals surface area contributed by atoms with Crippen molar-refractivity contribution in [3.63, 3.8) is 0 Å². The van der Waals surface area contributed by atoms with Crippen LogP contribution in [-0.2, 0) is 5.41 Å². The lowest BCUT2D eigenvalue weighted by Crippen LogP contribution is -2.28. The van der Waals surface area contributed by atoms with E-state index in [-0.39, 0.29) is 0 Å². The maximum Gasteiger partial charge on any atom is 0.159 e. The molecule has 2 nitrogen and oxygen atoms in total. The quantitative estimate of drug-likeness (QED) is 0.163. The first-order chi connectivity index (χ1) is 28.3. The van der Waals surface area contributed by atoms with E-state index in [1.54, 1.807) is 0 Å². The van der Waals surface area contributed by atoms with Crippen LogP contribution in [0.1, 0.15) is 22.3 Å². The summed E-state index contributed by atoms with van der Waals surface area (Å²) >= 11 is 0. The summed E-state index contributed by atoms with van der Waals surface area (Å²) in [6, 6.07) is 81.2. The van der Waals surface area contributed by atoms with Crippen LogP contribution in [0.25, 0.3) is 55.3 Å². The fraction of sp³-hybridized carbons (Fsp3) is 0.0182. The molecule has 11 rings (SSSR count). The summed E-state index contributed by atoms with van der Waals surface area (Å²) in [6.07, 6.45) is 0. The molecule has 1 heterocycles. The van der Waals surface area contributed by atoms with Crippen LogP contribution in [0, 0.1) is 0 Å². The van der Waals surface area contributed by atoms with Gasteiger partial charge in [-0.25, -0.2) is 0 Å². The molecule has 0 aliphatic heterocycles. The smallest absolute Gasteiger partial charge is 0.159 e. The summed E-state index contributed by atoms with van der Waals surface area (Å²) in [6.45, 7) is 0. The number of anilines is 3. The maximum absolute atomic E-state index is 6.81. The largest absolute Gasteiger partial charge is 0.454 e. The predicted octanol–water partition coefficient (Wildman–Crippen LogP) is 14.8. The van der Waals surface area contributed by atoms with Crippen molar-refractivity contribution in [1.29, 1.82) is 0 Å². The second-order valence-electron chi connectivity index (χ2n) is 14.8. The van der Waals surface area contributed by atoms with Crippen LogP contribution in [-0.4, -0.2) is 0 Å². The van der Waals surface area contributed by atoms with Crippen LogP contribution >= 0.6 is 0 Å². The summed E-state index contributed by atoms with van der Waals surface area (Å²) in [4.78, 5) is 2.42. The lowest BCUT2D eigenvalue weighted by molar-refractivity contribution is 0.669. The summed E-state index contributed by atoms with van der Waals surface area (Å²) in [7, 11) is 0. The van der Waals surface area contributed by atoms with Gasteiger partial charge in [-0.1, -0.05) is 188 Å². The van der Waals surface area contributed by atoms with Gasteiger partial charge in [0.15, 0.2) is 5.58 Å². The van der Waals surface area contributed by atoms with E-state index in [2.05, 4.69) is 223 Å².